The molecule has 1 aromatic rings. The molecule has 0 aliphatic carbocycles. The fourth-order valence-corrected chi connectivity index (χ4v) is 3.86. The van der Waals surface area contributed by atoms with E-state index in [2.05, 4.69) is 21.3 Å². The lowest BCUT2D eigenvalue weighted by atomic mass is 10.1. The van der Waals surface area contributed by atoms with Crippen molar-refractivity contribution in [1.82, 2.24) is 21.3 Å². The number of esters is 2. The standard InChI is InChI=1S/C26H40N4O5S/c1-25(2,3)34-21(31)15-19(23(33)35-26(4,5)6)30-24(36)28-16-20(17-11-8-7-9-12-17)29-22(32)18-13-10-14-27-18/h7-9,11-12,18-20,27H,10,13-16H2,1-6H3,(H,29,32)(H2,28,30,36)/t18-,19-,20+/m0/s1. The van der Waals surface area contributed by atoms with E-state index in [9.17, 15) is 14.4 Å². The van der Waals surface area contributed by atoms with E-state index in [0.29, 0.717) is 0 Å². The first kappa shape index (κ1) is 29.5. The van der Waals surface area contributed by atoms with Crippen molar-refractivity contribution in [2.45, 2.75) is 90.1 Å². The summed E-state index contributed by atoms with van der Waals surface area (Å²) in [5.74, 6) is -1.23. The number of carbonyl (C=O) groups excluding carboxylic acids is 3. The number of rotatable bonds is 9. The third kappa shape index (κ3) is 10.9. The number of hydrogen-bond donors (Lipinski definition) is 4. The molecule has 4 N–H and O–H groups in total. The molecule has 0 spiro atoms. The van der Waals surface area contributed by atoms with E-state index in [-0.39, 0.29) is 36.1 Å². The van der Waals surface area contributed by atoms with E-state index in [0.717, 1.165) is 24.9 Å². The largest absolute Gasteiger partial charge is 0.460 e. The van der Waals surface area contributed by atoms with Crippen LogP contribution in [-0.4, -0.2) is 59.3 Å². The van der Waals surface area contributed by atoms with Gasteiger partial charge in [-0.05, 0) is 78.7 Å². The number of ether oxygens (including phenoxy) is 2. The summed E-state index contributed by atoms with van der Waals surface area (Å²) in [5, 5.41) is 12.4. The first-order valence-corrected chi connectivity index (χ1v) is 12.7. The van der Waals surface area contributed by atoms with Crippen LogP contribution >= 0.6 is 12.2 Å². The molecule has 36 heavy (non-hydrogen) atoms. The number of benzene rings is 1. The van der Waals surface area contributed by atoms with Crippen LogP contribution in [0.25, 0.3) is 0 Å². The van der Waals surface area contributed by atoms with Gasteiger partial charge in [0.25, 0.3) is 0 Å². The van der Waals surface area contributed by atoms with Gasteiger partial charge >= 0.3 is 11.9 Å². The second-order valence-electron chi connectivity index (χ2n) is 10.9. The molecule has 1 saturated heterocycles. The Morgan fingerprint density at radius 2 is 1.67 bits per heavy atom. The van der Waals surface area contributed by atoms with E-state index in [1.807, 2.05) is 30.3 Å². The maximum Gasteiger partial charge on any atom is 0.329 e. The van der Waals surface area contributed by atoms with Crippen molar-refractivity contribution < 1.29 is 23.9 Å². The van der Waals surface area contributed by atoms with Crippen LogP contribution in [0.4, 0.5) is 0 Å². The zero-order valence-corrected chi connectivity index (χ0v) is 22.9. The number of hydrogen-bond acceptors (Lipinski definition) is 7. The zero-order valence-electron chi connectivity index (χ0n) is 22.1. The molecule has 3 atom stereocenters. The Kier molecular flexibility index (Phi) is 10.7. The molecule has 1 aliphatic heterocycles. The predicted molar refractivity (Wildman–Crippen MR) is 142 cm³/mol. The second-order valence-corrected chi connectivity index (χ2v) is 11.3. The Balaban J connectivity index is 2.06. The average Bonchev–Trinajstić information content (AvgIpc) is 3.29. The maximum atomic E-state index is 12.8. The van der Waals surface area contributed by atoms with Gasteiger partial charge in [-0.1, -0.05) is 30.3 Å². The van der Waals surface area contributed by atoms with Gasteiger partial charge in [0.1, 0.15) is 17.2 Å². The molecule has 200 valence electrons. The molecular formula is C26H40N4O5S. The Labute approximate surface area is 219 Å². The number of thiocarbonyl (C=S) groups is 1. The lowest BCUT2D eigenvalue weighted by Crippen LogP contribution is -2.51. The summed E-state index contributed by atoms with van der Waals surface area (Å²) < 4.78 is 10.9. The molecule has 0 saturated carbocycles. The summed E-state index contributed by atoms with van der Waals surface area (Å²) in [5.41, 5.74) is -0.516. The van der Waals surface area contributed by atoms with E-state index in [4.69, 9.17) is 21.7 Å². The topological polar surface area (TPSA) is 118 Å². The van der Waals surface area contributed by atoms with Gasteiger partial charge < -0.3 is 30.7 Å². The molecular weight excluding hydrogens is 480 g/mol. The van der Waals surface area contributed by atoms with Crippen LogP contribution in [0.2, 0.25) is 0 Å². The quantitative estimate of drug-likeness (QED) is 0.288. The van der Waals surface area contributed by atoms with Crippen molar-refractivity contribution in [1.29, 1.82) is 0 Å². The third-order valence-corrected chi connectivity index (χ3v) is 5.41. The monoisotopic (exact) mass is 520 g/mol. The smallest absolute Gasteiger partial charge is 0.329 e. The van der Waals surface area contributed by atoms with Crippen molar-refractivity contribution in [3.63, 3.8) is 0 Å². The van der Waals surface area contributed by atoms with Crippen molar-refractivity contribution in [2.24, 2.45) is 0 Å². The number of nitrogens with one attached hydrogen (secondary N) is 4. The second kappa shape index (κ2) is 13.0. The maximum absolute atomic E-state index is 12.8. The zero-order chi connectivity index (χ0) is 26.9. The van der Waals surface area contributed by atoms with Crippen LogP contribution in [0.15, 0.2) is 30.3 Å². The van der Waals surface area contributed by atoms with Gasteiger partial charge in [-0.3, -0.25) is 9.59 Å². The molecule has 0 aromatic heterocycles. The first-order valence-electron chi connectivity index (χ1n) is 12.3. The molecule has 10 heteroatoms. The number of carbonyl (C=O) groups is 3. The van der Waals surface area contributed by atoms with Gasteiger partial charge in [-0.15, -0.1) is 0 Å². The van der Waals surface area contributed by atoms with Gasteiger partial charge in [-0.25, -0.2) is 4.79 Å². The normalized spacial score (nSPS) is 17.4. The third-order valence-electron chi connectivity index (χ3n) is 5.15. The summed E-state index contributed by atoms with van der Waals surface area (Å²) >= 11 is 5.44. The molecule has 1 aliphatic rings. The van der Waals surface area contributed by atoms with Crippen LogP contribution in [0.1, 0.15) is 72.4 Å². The van der Waals surface area contributed by atoms with Crippen molar-refractivity contribution in [2.75, 3.05) is 13.1 Å². The minimum absolute atomic E-state index is 0.0708. The Morgan fingerprint density at radius 1 is 1.03 bits per heavy atom. The Morgan fingerprint density at radius 3 is 2.22 bits per heavy atom. The highest BCUT2D eigenvalue weighted by molar-refractivity contribution is 7.80. The average molecular weight is 521 g/mol. The van der Waals surface area contributed by atoms with Crippen molar-refractivity contribution >= 4 is 35.2 Å². The van der Waals surface area contributed by atoms with E-state index < -0.39 is 29.2 Å². The van der Waals surface area contributed by atoms with Crippen LogP contribution in [0.3, 0.4) is 0 Å². The molecule has 0 radical (unpaired) electrons. The van der Waals surface area contributed by atoms with Gasteiger partial charge in [0.05, 0.1) is 18.5 Å². The minimum atomic E-state index is -1.04. The van der Waals surface area contributed by atoms with Crippen molar-refractivity contribution in [3.05, 3.63) is 35.9 Å². The highest BCUT2D eigenvalue weighted by atomic mass is 32.1. The summed E-state index contributed by atoms with van der Waals surface area (Å²) in [4.78, 5) is 38.0. The lowest BCUT2D eigenvalue weighted by Gasteiger charge is -2.27. The highest BCUT2D eigenvalue weighted by Crippen LogP contribution is 2.15. The van der Waals surface area contributed by atoms with E-state index in [1.54, 1.807) is 41.5 Å². The van der Waals surface area contributed by atoms with Gasteiger partial charge in [0, 0.05) is 6.54 Å². The summed E-state index contributed by atoms with van der Waals surface area (Å²) in [6, 6.07) is 7.96. The van der Waals surface area contributed by atoms with Gasteiger partial charge in [0.2, 0.25) is 5.91 Å². The first-order chi connectivity index (χ1) is 16.7. The summed E-state index contributed by atoms with van der Waals surface area (Å²) in [7, 11) is 0. The SMILES string of the molecule is CC(C)(C)OC(=O)C[C@H](NC(=S)NC[C@@H](NC(=O)[C@@H]1CCCN1)c1ccccc1)C(=O)OC(C)(C)C. The lowest BCUT2D eigenvalue weighted by molar-refractivity contribution is -0.164. The summed E-state index contributed by atoms with van der Waals surface area (Å²) in [6.07, 6.45) is 1.51. The van der Waals surface area contributed by atoms with Gasteiger partial charge in [0.15, 0.2) is 5.11 Å². The van der Waals surface area contributed by atoms with Crippen LogP contribution in [0.5, 0.6) is 0 Å². The molecule has 1 heterocycles. The van der Waals surface area contributed by atoms with Crippen LogP contribution in [0, 0.1) is 0 Å². The van der Waals surface area contributed by atoms with Gasteiger partial charge in [-0.2, -0.15) is 0 Å². The molecule has 9 nitrogen and oxygen atoms in total. The molecule has 0 unspecified atom stereocenters. The fraction of sp³-hybridized carbons (Fsp3) is 0.615. The van der Waals surface area contributed by atoms with Crippen LogP contribution < -0.4 is 21.3 Å². The highest BCUT2D eigenvalue weighted by Gasteiger charge is 2.30. The predicted octanol–water partition coefficient (Wildman–Crippen LogP) is 2.50. The van der Waals surface area contributed by atoms with Crippen molar-refractivity contribution in [3.8, 4) is 0 Å². The Bertz CT molecular complexity index is 905. The number of amides is 1. The summed E-state index contributed by atoms with van der Waals surface area (Å²) in [6.45, 7) is 11.6. The Hall–Kier alpha value is -2.72. The molecule has 0 bridgehead atoms. The van der Waals surface area contributed by atoms with Crippen LogP contribution in [-0.2, 0) is 23.9 Å². The molecule has 1 aromatic carbocycles. The van der Waals surface area contributed by atoms with E-state index >= 15 is 0 Å². The fourth-order valence-electron chi connectivity index (χ4n) is 3.64. The molecule has 1 amide bonds. The molecule has 2 rings (SSSR count). The molecule has 1 fully saturated rings. The minimum Gasteiger partial charge on any atom is -0.460 e. The van der Waals surface area contributed by atoms with E-state index in [1.165, 1.54) is 0 Å².